The first-order chi connectivity index (χ1) is 9.06. The number of aliphatic carboxylic acids is 1. The molecule has 1 saturated carbocycles. The molecule has 2 rings (SSSR count). The van der Waals surface area contributed by atoms with Crippen LogP contribution in [0.15, 0.2) is 0 Å². The van der Waals surface area contributed by atoms with Crippen LogP contribution in [-0.2, 0) is 9.53 Å². The van der Waals surface area contributed by atoms with Crippen LogP contribution in [0.4, 0.5) is 4.79 Å². The van der Waals surface area contributed by atoms with E-state index in [0.717, 1.165) is 19.3 Å². The zero-order valence-electron chi connectivity index (χ0n) is 11.5. The summed E-state index contributed by atoms with van der Waals surface area (Å²) in [7, 11) is 1.80. The van der Waals surface area contributed by atoms with Crippen LogP contribution in [-0.4, -0.2) is 65.8 Å². The Hall–Kier alpha value is -1.30. The van der Waals surface area contributed by atoms with E-state index in [0.29, 0.717) is 19.2 Å². The monoisotopic (exact) mass is 270 g/mol. The Balaban J connectivity index is 2.09. The lowest BCUT2D eigenvalue weighted by Gasteiger charge is -2.33. The van der Waals surface area contributed by atoms with Crippen LogP contribution in [0.1, 0.15) is 26.2 Å². The van der Waals surface area contributed by atoms with Gasteiger partial charge in [0.25, 0.3) is 0 Å². The average molecular weight is 270 g/mol. The minimum atomic E-state index is -0.884. The molecule has 2 aliphatic rings. The number of nitrogens with zero attached hydrogens (tertiary/aromatic N) is 2. The van der Waals surface area contributed by atoms with Crippen molar-refractivity contribution in [1.82, 2.24) is 9.80 Å². The minimum absolute atomic E-state index is 0.0638. The number of amides is 2. The van der Waals surface area contributed by atoms with Crippen LogP contribution in [0, 0.1) is 5.92 Å². The molecule has 0 bridgehead atoms. The number of hydrogen-bond donors (Lipinski definition) is 1. The Morgan fingerprint density at radius 2 is 2.00 bits per heavy atom. The molecule has 2 amide bonds. The molecule has 2 atom stereocenters. The van der Waals surface area contributed by atoms with E-state index in [2.05, 4.69) is 0 Å². The molecule has 0 aromatic heterocycles. The first-order valence-electron chi connectivity index (χ1n) is 6.90. The highest BCUT2D eigenvalue weighted by molar-refractivity contribution is 5.77. The summed E-state index contributed by atoms with van der Waals surface area (Å²) in [5.74, 6) is -1.49. The van der Waals surface area contributed by atoms with Gasteiger partial charge >= 0.3 is 12.0 Å². The molecule has 2 unspecified atom stereocenters. The minimum Gasteiger partial charge on any atom is -0.481 e. The fourth-order valence-electron chi connectivity index (χ4n) is 2.55. The van der Waals surface area contributed by atoms with Crippen molar-refractivity contribution in [2.75, 3.05) is 26.8 Å². The maximum Gasteiger partial charge on any atom is 0.320 e. The maximum absolute atomic E-state index is 12.5. The molecule has 0 aromatic carbocycles. The predicted molar refractivity (Wildman–Crippen MR) is 68.9 cm³/mol. The standard InChI is InChI=1S/C13H22N2O4/c1-3-6-15(13(18)14(2)9-4-5-9)11-8-19-7-10(11)12(16)17/h9-11H,3-8H2,1-2H3,(H,16,17). The molecule has 1 aliphatic heterocycles. The summed E-state index contributed by atoms with van der Waals surface area (Å²) in [6.07, 6.45) is 2.91. The second-order valence-corrected chi connectivity index (χ2v) is 5.37. The quantitative estimate of drug-likeness (QED) is 0.809. The summed E-state index contributed by atoms with van der Waals surface area (Å²) in [4.78, 5) is 27.1. The molecule has 19 heavy (non-hydrogen) atoms. The van der Waals surface area contributed by atoms with Gasteiger partial charge in [0.05, 0.1) is 19.3 Å². The van der Waals surface area contributed by atoms with Crippen molar-refractivity contribution in [3.05, 3.63) is 0 Å². The second kappa shape index (κ2) is 5.77. The van der Waals surface area contributed by atoms with Gasteiger partial charge in [-0.05, 0) is 19.3 Å². The summed E-state index contributed by atoms with van der Waals surface area (Å²) < 4.78 is 5.27. The lowest BCUT2D eigenvalue weighted by molar-refractivity contribution is -0.142. The van der Waals surface area contributed by atoms with E-state index in [4.69, 9.17) is 4.74 Å². The number of carboxylic acids is 1. The van der Waals surface area contributed by atoms with Gasteiger partial charge in [0, 0.05) is 19.6 Å². The van der Waals surface area contributed by atoms with Crippen molar-refractivity contribution < 1.29 is 19.4 Å². The number of carboxylic acid groups (broad SMARTS) is 1. The van der Waals surface area contributed by atoms with Crippen LogP contribution in [0.2, 0.25) is 0 Å². The average Bonchev–Trinajstić information content (AvgIpc) is 3.11. The van der Waals surface area contributed by atoms with E-state index in [1.807, 2.05) is 6.92 Å². The Labute approximate surface area is 113 Å². The predicted octanol–water partition coefficient (Wildman–Crippen LogP) is 1.01. The summed E-state index contributed by atoms with van der Waals surface area (Å²) in [5.41, 5.74) is 0. The molecule has 2 fully saturated rings. The summed E-state index contributed by atoms with van der Waals surface area (Å²) >= 11 is 0. The normalized spacial score (nSPS) is 26.2. The smallest absolute Gasteiger partial charge is 0.320 e. The summed E-state index contributed by atoms with van der Waals surface area (Å²) in [6, 6.07) is -0.0743. The number of carbonyl (C=O) groups excluding carboxylic acids is 1. The van der Waals surface area contributed by atoms with Gasteiger partial charge in [-0.25, -0.2) is 4.79 Å². The Morgan fingerprint density at radius 3 is 2.53 bits per heavy atom. The fourth-order valence-corrected chi connectivity index (χ4v) is 2.55. The zero-order chi connectivity index (χ0) is 14.0. The third-order valence-corrected chi connectivity index (χ3v) is 3.87. The van der Waals surface area contributed by atoms with Crippen LogP contribution in [0.25, 0.3) is 0 Å². The van der Waals surface area contributed by atoms with Gasteiger partial charge in [-0.1, -0.05) is 6.92 Å². The lowest BCUT2D eigenvalue weighted by Crippen LogP contribution is -2.51. The Kier molecular flexibility index (Phi) is 4.29. The molecule has 1 saturated heterocycles. The fraction of sp³-hybridized carbons (Fsp3) is 0.846. The molecule has 0 spiro atoms. The topological polar surface area (TPSA) is 70.1 Å². The SMILES string of the molecule is CCCN(C(=O)N(C)C1CC1)C1COCC1C(=O)O. The van der Waals surface area contributed by atoms with Crippen molar-refractivity contribution >= 4 is 12.0 Å². The molecule has 1 heterocycles. The van der Waals surface area contributed by atoms with Crippen LogP contribution < -0.4 is 0 Å². The Bertz CT molecular complexity index is 357. The molecule has 1 N–H and O–H groups in total. The number of urea groups is 1. The molecule has 6 heteroatoms. The van der Waals surface area contributed by atoms with E-state index in [1.165, 1.54) is 0 Å². The maximum atomic E-state index is 12.5. The first-order valence-corrected chi connectivity index (χ1v) is 6.90. The highest BCUT2D eigenvalue weighted by atomic mass is 16.5. The van der Waals surface area contributed by atoms with Gasteiger partial charge < -0.3 is 19.6 Å². The molecule has 0 aromatic rings. The molecular formula is C13H22N2O4. The molecule has 6 nitrogen and oxygen atoms in total. The van der Waals surface area contributed by atoms with Gasteiger partial charge in [-0.3, -0.25) is 4.79 Å². The van der Waals surface area contributed by atoms with Crippen molar-refractivity contribution in [1.29, 1.82) is 0 Å². The number of ether oxygens (including phenoxy) is 1. The summed E-state index contributed by atoms with van der Waals surface area (Å²) in [6.45, 7) is 3.08. The number of rotatable bonds is 5. The molecule has 108 valence electrons. The molecule has 1 aliphatic carbocycles. The second-order valence-electron chi connectivity index (χ2n) is 5.37. The van der Waals surface area contributed by atoms with Crippen LogP contribution >= 0.6 is 0 Å². The van der Waals surface area contributed by atoms with E-state index >= 15 is 0 Å². The van der Waals surface area contributed by atoms with Gasteiger partial charge in [0.1, 0.15) is 5.92 Å². The van der Waals surface area contributed by atoms with Crippen LogP contribution in [0.3, 0.4) is 0 Å². The van der Waals surface area contributed by atoms with E-state index in [1.54, 1.807) is 16.8 Å². The van der Waals surface area contributed by atoms with Gasteiger partial charge in [-0.2, -0.15) is 0 Å². The molecule has 0 radical (unpaired) electrons. The van der Waals surface area contributed by atoms with Crippen molar-refractivity contribution in [2.24, 2.45) is 5.92 Å². The zero-order valence-corrected chi connectivity index (χ0v) is 11.5. The van der Waals surface area contributed by atoms with Crippen molar-refractivity contribution in [3.63, 3.8) is 0 Å². The summed E-state index contributed by atoms with van der Waals surface area (Å²) in [5, 5.41) is 9.21. The third kappa shape index (κ3) is 3.00. The van der Waals surface area contributed by atoms with Gasteiger partial charge in [-0.15, -0.1) is 0 Å². The van der Waals surface area contributed by atoms with Crippen LogP contribution in [0.5, 0.6) is 0 Å². The largest absolute Gasteiger partial charge is 0.481 e. The van der Waals surface area contributed by atoms with Crippen molar-refractivity contribution in [2.45, 2.75) is 38.3 Å². The van der Waals surface area contributed by atoms with Gasteiger partial charge in [0.15, 0.2) is 0 Å². The van der Waals surface area contributed by atoms with E-state index < -0.39 is 11.9 Å². The first kappa shape index (κ1) is 14.1. The Morgan fingerprint density at radius 1 is 1.32 bits per heavy atom. The highest BCUT2D eigenvalue weighted by Gasteiger charge is 2.42. The lowest BCUT2D eigenvalue weighted by atomic mass is 10.0. The number of carbonyl (C=O) groups is 2. The van der Waals surface area contributed by atoms with Gasteiger partial charge in [0.2, 0.25) is 0 Å². The van der Waals surface area contributed by atoms with Crippen molar-refractivity contribution in [3.8, 4) is 0 Å². The third-order valence-electron chi connectivity index (χ3n) is 3.87. The molecular weight excluding hydrogens is 248 g/mol. The number of hydrogen-bond acceptors (Lipinski definition) is 3. The van der Waals surface area contributed by atoms with E-state index in [-0.39, 0.29) is 18.7 Å². The van der Waals surface area contributed by atoms with E-state index in [9.17, 15) is 14.7 Å². The highest BCUT2D eigenvalue weighted by Crippen LogP contribution is 2.28.